The third-order valence-corrected chi connectivity index (χ3v) is 4.88. The predicted molar refractivity (Wildman–Crippen MR) is 110 cm³/mol. The van der Waals surface area contributed by atoms with Gasteiger partial charge in [-0.3, -0.25) is 19.5 Å². The summed E-state index contributed by atoms with van der Waals surface area (Å²) in [5.41, 5.74) is 3.40. The van der Waals surface area contributed by atoms with Crippen LogP contribution in [0.15, 0.2) is 51.9 Å². The summed E-state index contributed by atoms with van der Waals surface area (Å²) in [5.74, 6) is -1.94. The minimum Gasteiger partial charge on any atom is -0.301 e. The summed E-state index contributed by atoms with van der Waals surface area (Å²) in [4.78, 5) is 30.8. The Morgan fingerprint density at radius 2 is 1.77 bits per heavy atom. The second-order valence-corrected chi connectivity index (χ2v) is 7.26. The summed E-state index contributed by atoms with van der Waals surface area (Å²) in [5, 5.41) is 2.65. The summed E-state index contributed by atoms with van der Waals surface area (Å²) in [6.07, 6.45) is 1.36. The van der Waals surface area contributed by atoms with Gasteiger partial charge in [-0.1, -0.05) is 23.8 Å². The van der Waals surface area contributed by atoms with Crippen LogP contribution in [-0.2, 0) is 9.59 Å². The van der Waals surface area contributed by atoms with E-state index in [1.807, 2.05) is 44.2 Å². The molecule has 1 aliphatic heterocycles. The first-order valence-electron chi connectivity index (χ1n) is 7.92. The molecule has 5 nitrogen and oxygen atoms in total. The zero-order chi connectivity index (χ0) is 18.8. The number of hydrogen-bond donors (Lipinski definition) is 1. The monoisotopic (exact) mass is 429 g/mol. The Balaban J connectivity index is 1.90. The number of thiocarbonyl (C=S) groups is 1. The number of hydrogen-bond acceptors (Lipinski definition) is 4. The molecular weight excluding hydrogens is 414 g/mol. The molecule has 0 bridgehead atoms. The Labute approximate surface area is 165 Å². The Morgan fingerprint density at radius 1 is 1.12 bits per heavy atom. The van der Waals surface area contributed by atoms with E-state index in [4.69, 9.17) is 12.2 Å². The lowest BCUT2D eigenvalue weighted by molar-refractivity contribution is -0.130. The number of anilines is 1. The van der Waals surface area contributed by atoms with Gasteiger partial charge in [0.15, 0.2) is 11.0 Å². The van der Waals surface area contributed by atoms with E-state index in [9.17, 15) is 9.59 Å². The van der Waals surface area contributed by atoms with Gasteiger partial charge in [-0.25, -0.2) is 0 Å². The molecule has 0 saturated carbocycles. The molecule has 0 aromatic heterocycles. The zero-order valence-corrected chi connectivity index (χ0v) is 16.6. The maximum absolute atomic E-state index is 12.9. The van der Waals surface area contributed by atoms with E-state index in [1.165, 1.54) is 11.1 Å². The lowest BCUT2D eigenvalue weighted by Crippen LogP contribution is -2.58. The molecule has 3 rings (SSSR count). The fourth-order valence-electron chi connectivity index (χ4n) is 2.53. The van der Waals surface area contributed by atoms with Crippen LogP contribution in [0.25, 0.3) is 0 Å². The largest absolute Gasteiger partial charge is 0.301 e. The zero-order valence-electron chi connectivity index (χ0n) is 14.2. The van der Waals surface area contributed by atoms with Crippen LogP contribution in [0.4, 0.5) is 11.4 Å². The standard InChI is InChI=1S/C19H16BrN3O2S/c1-11-3-6-13(7-4-11)23-18(25)14(17(24)22-19(23)26)10-21-16-8-5-12(2)9-15(16)20/h3-10,14H,1-2H3,(H,22,24,26)/t14-/m1/s1. The van der Waals surface area contributed by atoms with E-state index < -0.39 is 17.7 Å². The van der Waals surface area contributed by atoms with Gasteiger partial charge >= 0.3 is 0 Å². The maximum Gasteiger partial charge on any atom is 0.251 e. The van der Waals surface area contributed by atoms with Crippen LogP contribution >= 0.6 is 28.1 Å². The number of halogens is 1. The van der Waals surface area contributed by atoms with Gasteiger partial charge in [-0.15, -0.1) is 0 Å². The number of aliphatic imine (C=N–C) groups is 1. The van der Waals surface area contributed by atoms with Crippen molar-refractivity contribution in [3.8, 4) is 0 Å². The van der Waals surface area contributed by atoms with Gasteiger partial charge < -0.3 is 5.32 Å². The lowest BCUT2D eigenvalue weighted by Gasteiger charge is -2.31. The van der Waals surface area contributed by atoms with Crippen LogP contribution < -0.4 is 10.2 Å². The van der Waals surface area contributed by atoms with E-state index >= 15 is 0 Å². The van der Waals surface area contributed by atoms with Crippen LogP contribution in [0.3, 0.4) is 0 Å². The quantitative estimate of drug-likeness (QED) is 0.458. The number of amides is 2. The fraction of sp³-hybridized carbons (Fsp3) is 0.158. The predicted octanol–water partition coefficient (Wildman–Crippen LogP) is 3.83. The van der Waals surface area contributed by atoms with Gasteiger partial charge in [0, 0.05) is 10.7 Å². The molecule has 1 fully saturated rings. The molecule has 0 unspecified atom stereocenters. The fourth-order valence-corrected chi connectivity index (χ4v) is 3.42. The topological polar surface area (TPSA) is 61.8 Å². The van der Waals surface area contributed by atoms with Crippen molar-refractivity contribution in [3.05, 3.63) is 58.1 Å². The van der Waals surface area contributed by atoms with Gasteiger partial charge in [0.2, 0.25) is 5.91 Å². The highest BCUT2D eigenvalue weighted by Gasteiger charge is 2.38. The normalized spacial score (nSPS) is 17.7. The molecule has 1 atom stereocenters. The number of rotatable bonds is 3. The minimum atomic E-state index is -1.05. The molecule has 132 valence electrons. The van der Waals surface area contributed by atoms with Crippen molar-refractivity contribution in [1.82, 2.24) is 5.32 Å². The molecule has 1 N–H and O–H groups in total. The van der Waals surface area contributed by atoms with E-state index in [-0.39, 0.29) is 5.11 Å². The smallest absolute Gasteiger partial charge is 0.251 e. The van der Waals surface area contributed by atoms with Crippen molar-refractivity contribution in [2.24, 2.45) is 10.9 Å². The first kappa shape index (κ1) is 18.4. The molecule has 1 heterocycles. The molecule has 2 amide bonds. The summed E-state index contributed by atoms with van der Waals surface area (Å²) in [6.45, 7) is 3.92. The molecule has 7 heteroatoms. The first-order chi connectivity index (χ1) is 12.4. The molecule has 26 heavy (non-hydrogen) atoms. The number of carbonyl (C=O) groups excluding carboxylic acids is 2. The summed E-state index contributed by atoms with van der Waals surface area (Å²) in [7, 11) is 0. The van der Waals surface area contributed by atoms with Crippen LogP contribution in [-0.4, -0.2) is 23.1 Å². The van der Waals surface area contributed by atoms with Crippen molar-refractivity contribution in [2.75, 3.05) is 4.90 Å². The van der Waals surface area contributed by atoms with Gasteiger partial charge in [0.05, 0.1) is 11.4 Å². The van der Waals surface area contributed by atoms with Gasteiger partial charge in [-0.05, 0) is 71.8 Å². The van der Waals surface area contributed by atoms with E-state index in [0.717, 1.165) is 15.6 Å². The summed E-state index contributed by atoms with van der Waals surface area (Å²) >= 11 is 8.62. The van der Waals surface area contributed by atoms with Crippen molar-refractivity contribution in [3.63, 3.8) is 0 Å². The van der Waals surface area contributed by atoms with Gasteiger partial charge in [0.25, 0.3) is 5.91 Å². The highest BCUT2D eigenvalue weighted by atomic mass is 79.9. The number of nitrogens with zero attached hydrogens (tertiary/aromatic N) is 2. The maximum atomic E-state index is 12.9. The van der Waals surface area contributed by atoms with Crippen LogP contribution in [0.1, 0.15) is 11.1 Å². The molecular formula is C19H16BrN3O2S. The Morgan fingerprint density at radius 3 is 2.42 bits per heavy atom. The Hall–Kier alpha value is -2.38. The average Bonchev–Trinajstić information content (AvgIpc) is 2.57. The number of aryl methyl sites for hydroxylation is 2. The summed E-state index contributed by atoms with van der Waals surface area (Å²) in [6, 6.07) is 13.0. The summed E-state index contributed by atoms with van der Waals surface area (Å²) < 4.78 is 0.795. The second kappa shape index (κ2) is 7.47. The third kappa shape index (κ3) is 3.73. The van der Waals surface area contributed by atoms with Crippen molar-refractivity contribution >= 4 is 62.7 Å². The van der Waals surface area contributed by atoms with E-state index in [0.29, 0.717) is 11.4 Å². The van der Waals surface area contributed by atoms with Crippen LogP contribution in [0.5, 0.6) is 0 Å². The van der Waals surface area contributed by atoms with Gasteiger partial charge in [0.1, 0.15) is 0 Å². The number of carbonyl (C=O) groups is 2. The van der Waals surface area contributed by atoms with E-state index in [1.54, 1.807) is 12.1 Å². The molecule has 1 aliphatic rings. The first-order valence-corrected chi connectivity index (χ1v) is 9.13. The SMILES string of the molecule is Cc1ccc(N2C(=O)[C@H](C=Nc3ccc(C)cc3Br)C(=O)NC2=S)cc1. The van der Waals surface area contributed by atoms with Gasteiger partial charge in [-0.2, -0.15) is 0 Å². The molecule has 1 saturated heterocycles. The molecule has 2 aromatic carbocycles. The minimum absolute atomic E-state index is 0.0741. The Kier molecular flexibility index (Phi) is 5.29. The number of benzene rings is 2. The Bertz CT molecular complexity index is 925. The van der Waals surface area contributed by atoms with Crippen LogP contribution in [0.2, 0.25) is 0 Å². The molecule has 0 aliphatic carbocycles. The molecule has 0 radical (unpaired) electrons. The van der Waals surface area contributed by atoms with E-state index in [2.05, 4.69) is 26.2 Å². The average molecular weight is 430 g/mol. The van der Waals surface area contributed by atoms with Crippen molar-refractivity contribution in [2.45, 2.75) is 13.8 Å². The number of nitrogens with one attached hydrogen (secondary N) is 1. The molecule has 0 spiro atoms. The highest BCUT2D eigenvalue weighted by Crippen LogP contribution is 2.27. The lowest BCUT2D eigenvalue weighted by atomic mass is 10.1. The third-order valence-electron chi connectivity index (χ3n) is 3.96. The van der Waals surface area contributed by atoms with Crippen LogP contribution in [0, 0.1) is 19.8 Å². The van der Waals surface area contributed by atoms with Crippen molar-refractivity contribution < 1.29 is 9.59 Å². The highest BCUT2D eigenvalue weighted by molar-refractivity contribution is 9.10. The second-order valence-electron chi connectivity index (χ2n) is 6.01. The molecule has 2 aromatic rings. The van der Waals surface area contributed by atoms with Crippen molar-refractivity contribution in [1.29, 1.82) is 0 Å².